The fourth-order valence-electron chi connectivity index (χ4n) is 4.46. The molecule has 0 heterocycles. The number of amides is 3. The number of likely N-dealkylation sites (N-methyl/N-ethyl adjacent to an activating group) is 1. The van der Waals surface area contributed by atoms with Crippen LogP contribution in [-0.4, -0.2) is 36.5 Å². The Hall–Kier alpha value is -1.63. The van der Waals surface area contributed by atoms with Crippen LogP contribution in [0.15, 0.2) is 0 Å². The summed E-state index contributed by atoms with van der Waals surface area (Å²) in [7, 11) is 1.51. The minimum Gasteiger partial charge on any atom is -0.358 e. The Kier molecular flexibility index (Phi) is 9.40. The van der Waals surface area contributed by atoms with Crippen molar-refractivity contribution in [1.29, 1.82) is 0 Å². The summed E-state index contributed by atoms with van der Waals surface area (Å²) in [5.74, 6) is -1.43. The molecule has 162 valence electrons. The van der Waals surface area contributed by atoms with Gasteiger partial charge in [-0.2, -0.15) is 0 Å². The Bertz CT molecular complexity index is 534. The first-order chi connectivity index (χ1) is 13.0. The summed E-state index contributed by atoms with van der Waals surface area (Å²) >= 11 is 0. The third-order valence-electron chi connectivity index (χ3n) is 6.12. The highest BCUT2D eigenvalue weighted by Crippen LogP contribution is 2.44. The second-order valence-electron chi connectivity index (χ2n) is 9.61. The molecular weight excluding hydrogens is 358 g/mol. The average molecular weight is 398 g/mol. The molecule has 28 heavy (non-hydrogen) atoms. The van der Waals surface area contributed by atoms with Gasteiger partial charge in [0.2, 0.25) is 17.7 Å². The number of nitrogens with one attached hydrogen (secondary N) is 3. The molecule has 0 aromatic rings. The number of carbonyl (C=O) groups is 3. The molecule has 7 heteroatoms. The summed E-state index contributed by atoms with van der Waals surface area (Å²) in [6, 6.07) is 0. The fraction of sp³-hybridized carbons (Fsp3) is 0.857. The molecular formula is C21H39N3O4. The van der Waals surface area contributed by atoms with E-state index in [-0.39, 0.29) is 35.6 Å². The van der Waals surface area contributed by atoms with Gasteiger partial charge in [-0.05, 0) is 55.3 Å². The number of carbonyl (C=O) groups excluding carboxylic acids is 3. The first-order valence-electron chi connectivity index (χ1n) is 10.4. The third-order valence-corrected chi connectivity index (χ3v) is 6.12. The van der Waals surface area contributed by atoms with E-state index in [0.717, 1.165) is 25.7 Å². The van der Waals surface area contributed by atoms with Crippen molar-refractivity contribution in [1.82, 2.24) is 16.1 Å². The Morgan fingerprint density at radius 3 is 2.04 bits per heavy atom. The molecule has 7 nitrogen and oxygen atoms in total. The van der Waals surface area contributed by atoms with Crippen LogP contribution in [0.5, 0.6) is 0 Å². The molecule has 0 aromatic heterocycles. The van der Waals surface area contributed by atoms with E-state index in [1.165, 1.54) is 7.05 Å². The minimum atomic E-state index is -0.599. The molecule has 2 atom stereocenters. The Morgan fingerprint density at radius 1 is 1.04 bits per heavy atom. The van der Waals surface area contributed by atoms with E-state index < -0.39 is 17.7 Å². The monoisotopic (exact) mass is 397 g/mol. The first-order valence-corrected chi connectivity index (χ1v) is 10.4. The molecule has 1 fully saturated rings. The molecule has 1 unspecified atom stereocenters. The summed E-state index contributed by atoms with van der Waals surface area (Å²) in [6.45, 7) is 10.6. The summed E-state index contributed by atoms with van der Waals surface area (Å²) in [6.07, 6.45) is 4.26. The van der Waals surface area contributed by atoms with Gasteiger partial charge in [0.15, 0.2) is 0 Å². The molecule has 0 radical (unpaired) electrons. The van der Waals surface area contributed by atoms with E-state index in [9.17, 15) is 19.6 Å². The standard InChI is InChI=1S/C21H39N3O4/c1-13(2)11-16(19(26)23-12-17(25)22-6)18(20(27)24-28)14-7-9-15(10-8-14)21(3,4)5/h13-16,18,28H,7-12H2,1-6H3,(H,22,25)(H,23,26)(H,24,27)/t14?,15?,16?,18-/m0/s1. The largest absolute Gasteiger partial charge is 0.358 e. The van der Waals surface area contributed by atoms with Crippen molar-refractivity contribution in [3.63, 3.8) is 0 Å². The smallest absolute Gasteiger partial charge is 0.247 e. The molecule has 0 saturated heterocycles. The third kappa shape index (κ3) is 7.08. The average Bonchev–Trinajstić information content (AvgIpc) is 2.64. The maximum atomic E-state index is 12.9. The number of hydroxylamine groups is 1. The number of rotatable bonds is 8. The van der Waals surface area contributed by atoms with Crippen LogP contribution in [0, 0.1) is 35.0 Å². The lowest BCUT2D eigenvalue weighted by atomic mass is 9.64. The number of hydrogen-bond donors (Lipinski definition) is 4. The molecule has 1 saturated carbocycles. The topological polar surface area (TPSA) is 108 Å². The van der Waals surface area contributed by atoms with Crippen molar-refractivity contribution in [2.45, 2.75) is 66.7 Å². The lowest BCUT2D eigenvalue weighted by Gasteiger charge is -2.40. The van der Waals surface area contributed by atoms with E-state index in [1.54, 1.807) is 5.48 Å². The normalized spacial score (nSPS) is 22.3. The fourth-order valence-corrected chi connectivity index (χ4v) is 4.46. The van der Waals surface area contributed by atoms with Crippen molar-refractivity contribution in [3.8, 4) is 0 Å². The summed E-state index contributed by atoms with van der Waals surface area (Å²) in [4.78, 5) is 37.0. The zero-order valence-corrected chi connectivity index (χ0v) is 18.3. The van der Waals surface area contributed by atoms with Gasteiger partial charge >= 0.3 is 0 Å². The SMILES string of the molecule is CNC(=O)CNC(=O)C(CC(C)C)[C@@H](C(=O)NO)C1CCC(C(C)(C)C)CC1. The van der Waals surface area contributed by atoms with Crippen LogP contribution in [0.1, 0.15) is 66.7 Å². The van der Waals surface area contributed by atoms with E-state index in [0.29, 0.717) is 12.3 Å². The van der Waals surface area contributed by atoms with E-state index in [4.69, 9.17) is 0 Å². The predicted octanol–water partition coefficient (Wildman–Crippen LogP) is 2.48. The molecule has 3 amide bonds. The summed E-state index contributed by atoms with van der Waals surface area (Å²) in [5, 5.41) is 14.5. The van der Waals surface area contributed by atoms with Gasteiger partial charge in [0.05, 0.1) is 18.4 Å². The summed E-state index contributed by atoms with van der Waals surface area (Å²) < 4.78 is 0. The zero-order valence-electron chi connectivity index (χ0n) is 18.3. The van der Waals surface area contributed by atoms with Crippen molar-refractivity contribution < 1.29 is 19.6 Å². The van der Waals surface area contributed by atoms with E-state index in [1.807, 2.05) is 13.8 Å². The molecule has 0 aromatic carbocycles. The van der Waals surface area contributed by atoms with Crippen LogP contribution < -0.4 is 16.1 Å². The maximum absolute atomic E-state index is 12.9. The molecule has 1 aliphatic rings. The quantitative estimate of drug-likeness (QED) is 0.373. The van der Waals surface area contributed by atoms with Gasteiger partial charge < -0.3 is 10.6 Å². The molecule has 0 spiro atoms. The van der Waals surface area contributed by atoms with Gasteiger partial charge in [-0.3, -0.25) is 19.6 Å². The van der Waals surface area contributed by atoms with Crippen molar-refractivity contribution in [2.24, 2.45) is 35.0 Å². The highest BCUT2D eigenvalue weighted by molar-refractivity contribution is 5.90. The lowest BCUT2D eigenvalue weighted by Crippen LogP contribution is -2.47. The van der Waals surface area contributed by atoms with Crippen LogP contribution >= 0.6 is 0 Å². The minimum absolute atomic E-state index is 0.0419. The highest BCUT2D eigenvalue weighted by Gasteiger charge is 2.42. The van der Waals surface area contributed by atoms with Gasteiger partial charge in [-0.25, -0.2) is 5.48 Å². The van der Waals surface area contributed by atoms with Gasteiger partial charge in [0.1, 0.15) is 0 Å². The van der Waals surface area contributed by atoms with Crippen LogP contribution in [0.2, 0.25) is 0 Å². The van der Waals surface area contributed by atoms with Gasteiger partial charge in [-0.15, -0.1) is 0 Å². The van der Waals surface area contributed by atoms with Gasteiger partial charge in [0, 0.05) is 7.05 Å². The lowest BCUT2D eigenvalue weighted by molar-refractivity contribution is -0.144. The molecule has 0 bridgehead atoms. The second kappa shape index (κ2) is 10.8. The molecule has 0 aliphatic heterocycles. The van der Waals surface area contributed by atoms with Crippen molar-refractivity contribution >= 4 is 17.7 Å². The Labute approximate surface area is 169 Å². The second-order valence-corrected chi connectivity index (χ2v) is 9.61. The summed E-state index contributed by atoms with van der Waals surface area (Å²) in [5.41, 5.74) is 2.01. The van der Waals surface area contributed by atoms with Gasteiger partial charge in [0.25, 0.3) is 0 Å². The maximum Gasteiger partial charge on any atom is 0.247 e. The molecule has 1 rings (SSSR count). The first kappa shape index (κ1) is 24.4. The molecule has 4 N–H and O–H groups in total. The zero-order chi connectivity index (χ0) is 21.5. The Balaban J connectivity index is 3.00. The van der Waals surface area contributed by atoms with Crippen LogP contribution in [0.4, 0.5) is 0 Å². The van der Waals surface area contributed by atoms with Crippen LogP contribution in [0.25, 0.3) is 0 Å². The highest BCUT2D eigenvalue weighted by atomic mass is 16.5. The van der Waals surface area contributed by atoms with E-state index in [2.05, 4.69) is 31.4 Å². The Morgan fingerprint density at radius 2 is 1.61 bits per heavy atom. The van der Waals surface area contributed by atoms with Crippen molar-refractivity contribution in [2.75, 3.05) is 13.6 Å². The van der Waals surface area contributed by atoms with Gasteiger partial charge in [-0.1, -0.05) is 34.6 Å². The van der Waals surface area contributed by atoms with E-state index >= 15 is 0 Å². The predicted molar refractivity (Wildman–Crippen MR) is 108 cm³/mol. The molecule has 1 aliphatic carbocycles. The number of hydrogen-bond acceptors (Lipinski definition) is 4. The van der Waals surface area contributed by atoms with Crippen molar-refractivity contribution in [3.05, 3.63) is 0 Å². The van der Waals surface area contributed by atoms with Crippen LogP contribution in [-0.2, 0) is 14.4 Å². The van der Waals surface area contributed by atoms with Crippen LogP contribution in [0.3, 0.4) is 0 Å².